The van der Waals surface area contributed by atoms with Crippen LogP contribution in [-0.2, 0) is 0 Å². The fourth-order valence-electron chi connectivity index (χ4n) is 2.89. The molecule has 1 aromatic carbocycles. The van der Waals surface area contributed by atoms with Crippen LogP contribution in [-0.4, -0.2) is 28.6 Å². The summed E-state index contributed by atoms with van der Waals surface area (Å²) in [5.41, 5.74) is 4.56. The van der Waals surface area contributed by atoms with Crippen LogP contribution in [0, 0.1) is 6.92 Å². The minimum absolute atomic E-state index is 0.730. The number of nitrogens with one attached hydrogen (secondary N) is 1. The summed E-state index contributed by atoms with van der Waals surface area (Å²) >= 11 is 1.53. The predicted octanol–water partition coefficient (Wildman–Crippen LogP) is 4.53. The van der Waals surface area contributed by atoms with Crippen LogP contribution in [0.5, 0.6) is 11.5 Å². The molecule has 132 valence electrons. The summed E-state index contributed by atoms with van der Waals surface area (Å²) in [6.45, 7) is 2.00. The number of pyridine rings is 1. The van der Waals surface area contributed by atoms with E-state index in [9.17, 15) is 0 Å². The lowest BCUT2D eigenvalue weighted by atomic mass is 10.2. The molecule has 0 amide bonds. The average molecular weight is 366 g/mol. The number of thiazole rings is 1. The first-order valence-corrected chi connectivity index (χ1v) is 8.96. The van der Waals surface area contributed by atoms with Gasteiger partial charge in [-0.1, -0.05) is 6.07 Å². The van der Waals surface area contributed by atoms with Crippen molar-refractivity contribution < 1.29 is 9.47 Å². The van der Waals surface area contributed by atoms with Crippen molar-refractivity contribution in [2.24, 2.45) is 0 Å². The number of methoxy groups -OCH3 is 2. The normalized spacial score (nSPS) is 10.9. The number of hydrogen-bond donors (Lipinski definition) is 1. The van der Waals surface area contributed by atoms with Gasteiger partial charge in [0.2, 0.25) is 0 Å². The zero-order chi connectivity index (χ0) is 18.1. The molecule has 0 unspecified atom stereocenters. The average Bonchev–Trinajstić information content (AvgIpc) is 3.24. The number of aromatic nitrogens is 3. The second-order valence-electron chi connectivity index (χ2n) is 5.70. The van der Waals surface area contributed by atoms with Crippen LogP contribution in [0.25, 0.3) is 17.0 Å². The van der Waals surface area contributed by atoms with Crippen LogP contribution in [0.3, 0.4) is 0 Å². The number of fused-ring (bicyclic) bond motifs is 1. The second-order valence-corrected chi connectivity index (χ2v) is 6.56. The van der Waals surface area contributed by atoms with Crippen LogP contribution in [0.2, 0.25) is 0 Å². The quantitative estimate of drug-likeness (QED) is 0.562. The maximum atomic E-state index is 5.42. The molecule has 6 nitrogen and oxygen atoms in total. The van der Waals surface area contributed by atoms with Gasteiger partial charge in [-0.15, -0.1) is 11.3 Å². The van der Waals surface area contributed by atoms with Crippen molar-refractivity contribution in [3.8, 4) is 22.9 Å². The third-order valence-corrected chi connectivity index (χ3v) is 4.86. The Morgan fingerprint density at radius 3 is 2.77 bits per heavy atom. The molecule has 26 heavy (non-hydrogen) atoms. The van der Waals surface area contributed by atoms with E-state index in [4.69, 9.17) is 14.5 Å². The van der Waals surface area contributed by atoms with Crippen LogP contribution >= 0.6 is 11.3 Å². The lowest BCUT2D eigenvalue weighted by Gasteiger charge is -2.10. The number of ether oxygens (including phenoxy) is 2. The number of anilines is 2. The van der Waals surface area contributed by atoms with Crippen LogP contribution in [0.4, 0.5) is 10.8 Å². The number of rotatable bonds is 5. The molecular formula is C19H18N4O2S. The van der Waals surface area contributed by atoms with Gasteiger partial charge in [-0.25, -0.2) is 9.97 Å². The Kier molecular flexibility index (Phi) is 4.22. The van der Waals surface area contributed by atoms with E-state index in [0.717, 1.165) is 45.0 Å². The molecule has 0 spiro atoms. The molecule has 0 fully saturated rings. The predicted molar refractivity (Wildman–Crippen MR) is 104 cm³/mol. The Morgan fingerprint density at radius 2 is 1.96 bits per heavy atom. The minimum atomic E-state index is 0.730. The zero-order valence-electron chi connectivity index (χ0n) is 14.7. The molecule has 4 rings (SSSR count). The molecule has 0 aliphatic carbocycles. The van der Waals surface area contributed by atoms with Gasteiger partial charge in [-0.3, -0.25) is 4.40 Å². The molecule has 0 radical (unpaired) electrons. The van der Waals surface area contributed by atoms with Gasteiger partial charge in [0.25, 0.3) is 0 Å². The van der Waals surface area contributed by atoms with E-state index in [1.165, 1.54) is 11.3 Å². The summed E-state index contributed by atoms with van der Waals surface area (Å²) < 4.78 is 12.8. The van der Waals surface area contributed by atoms with Crippen LogP contribution in [0.15, 0.2) is 48.0 Å². The number of aryl methyl sites for hydroxylation is 1. The highest BCUT2D eigenvalue weighted by atomic mass is 32.1. The smallest absolute Gasteiger partial charge is 0.187 e. The molecule has 0 aliphatic heterocycles. The molecule has 1 N–H and O–H groups in total. The Hall–Kier alpha value is -3.06. The lowest BCUT2D eigenvalue weighted by Crippen LogP contribution is -1.96. The molecule has 0 aliphatic rings. The third kappa shape index (κ3) is 2.86. The van der Waals surface area contributed by atoms with E-state index in [2.05, 4.69) is 14.7 Å². The fourth-order valence-corrected chi connectivity index (χ4v) is 3.60. The Morgan fingerprint density at radius 1 is 1.08 bits per heavy atom. The van der Waals surface area contributed by atoms with Gasteiger partial charge in [-0.05, 0) is 31.2 Å². The monoisotopic (exact) mass is 366 g/mol. The van der Waals surface area contributed by atoms with Crippen molar-refractivity contribution in [1.29, 1.82) is 0 Å². The standard InChI is InChI=1S/C19H18N4O2S/c1-12-18(23-9-5-4-6-17(23)20-12)15-11-26-19(22-15)21-14-10-13(24-2)7-8-16(14)25-3/h4-11H,1-3H3,(H,21,22). The maximum Gasteiger partial charge on any atom is 0.187 e. The summed E-state index contributed by atoms with van der Waals surface area (Å²) in [6, 6.07) is 11.6. The second kappa shape index (κ2) is 6.68. The summed E-state index contributed by atoms with van der Waals surface area (Å²) in [5.74, 6) is 1.48. The molecule has 3 aromatic heterocycles. The first kappa shape index (κ1) is 16.4. The van der Waals surface area contributed by atoms with Gasteiger partial charge in [-0.2, -0.15) is 0 Å². The Bertz CT molecular complexity index is 1070. The largest absolute Gasteiger partial charge is 0.497 e. The van der Waals surface area contributed by atoms with Crippen molar-refractivity contribution in [1.82, 2.24) is 14.4 Å². The van der Waals surface area contributed by atoms with E-state index in [1.54, 1.807) is 14.2 Å². The Balaban J connectivity index is 1.70. The summed E-state index contributed by atoms with van der Waals surface area (Å²) in [5, 5.41) is 6.12. The van der Waals surface area contributed by atoms with E-state index < -0.39 is 0 Å². The molecule has 0 saturated heterocycles. The number of benzene rings is 1. The van der Waals surface area contributed by atoms with Crippen molar-refractivity contribution >= 4 is 27.8 Å². The number of nitrogens with zero attached hydrogens (tertiary/aromatic N) is 3. The van der Waals surface area contributed by atoms with Crippen LogP contribution in [0.1, 0.15) is 5.69 Å². The summed E-state index contributed by atoms with van der Waals surface area (Å²) in [4.78, 5) is 9.34. The van der Waals surface area contributed by atoms with Gasteiger partial charge in [0, 0.05) is 17.6 Å². The van der Waals surface area contributed by atoms with Gasteiger partial charge in [0.1, 0.15) is 22.8 Å². The summed E-state index contributed by atoms with van der Waals surface area (Å²) in [7, 11) is 3.28. The van der Waals surface area contributed by atoms with Crippen LogP contribution < -0.4 is 14.8 Å². The first-order chi connectivity index (χ1) is 12.7. The highest BCUT2D eigenvalue weighted by molar-refractivity contribution is 7.14. The maximum absolute atomic E-state index is 5.42. The Labute approximate surface area is 155 Å². The van der Waals surface area contributed by atoms with Crippen molar-refractivity contribution in [3.63, 3.8) is 0 Å². The molecule has 0 atom stereocenters. The number of hydrogen-bond acceptors (Lipinski definition) is 6. The molecule has 0 saturated carbocycles. The van der Waals surface area contributed by atoms with E-state index in [-0.39, 0.29) is 0 Å². The fraction of sp³-hybridized carbons (Fsp3) is 0.158. The van der Waals surface area contributed by atoms with Crippen molar-refractivity contribution in [2.45, 2.75) is 6.92 Å². The summed E-state index contributed by atoms with van der Waals surface area (Å²) in [6.07, 6.45) is 2.00. The third-order valence-electron chi connectivity index (χ3n) is 4.10. The molecule has 7 heteroatoms. The van der Waals surface area contributed by atoms with E-state index in [0.29, 0.717) is 0 Å². The lowest BCUT2D eigenvalue weighted by molar-refractivity contribution is 0.405. The van der Waals surface area contributed by atoms with E-state index >= 15 is 0 Å². The van der Waals surface area contributed by atoms with Gasteiger partial charge in [0.05, 0.1) is 31.3 Å². The minimum Gasteiger partial charge on any atom is -0.497 e. The highest BCUT2D eigenvalue weighted by Gasteiger charge is 2.15. The molecule has 3 heterocycles. The van der Waals surface area contributed by atoms with Crippen molar-refractivity contribution in [2.75, 3.05) is 19.5 Å². The highest BCUT2D eigenvalue weighted by Crippen LogP contribution is 2.34. The SMILES string of the molecule is COc1ccc(OC)c(Nc2nc(-c3c(C)nc4ccccn34)cs2)c1. The van der Waals surface area contributed by atoms with Gasteiger partial charge >= 0.3 is 0 Å². The first-order valence-electron chi connectivity index (χ1n) is 8.08. The van der Waals surface area contributed by atoms with E-state index in [1.807, 2.05) is 54.9 Å². The van der Waals surface area contributed by atoms with Crippen molar-refractivity contribution in [3.05, 3.63) is 53.7 Å². The molecule has 4 aromatic rings. The molecule has 0 bridgehead atoms. The van der Waals surface area contributed by atoms with Gasteiger partial charge < -0.3 is 14.8 Å². The van der Waals surface area contributed by atoms with Gasteiger partial charge in [0.15, 0.2) is 5.13 Å². The zero-order valence-corrected chi connectivity index (χ0v) is 15.5. The topological polar surface area (TPSA) is 60.7 Å². The molecular weight excluding hydrogens is 348 g/mol. The number of imidazole rings is 1.